The van der Waals surface area contributed by atoms with Crippen molar-refractivity contribution in [2.45, 2.75) is 50.7 Å². The smallest absolute Gasteiger partial charge is 0.0587 e. The summed E-state index contributed by atoms with van der Waals surface area (Å²) in [6.45, 7) is 4.98. The van der Waals surface area contributed by atoms with E-state index < -0.39 is 0 Å². The van der Waals surface area contributed by atoms with Gasteiger partial charge < -0.3 is 10.4 Å². The molecule has 0 radical (unpaired) electrons. The Kier molecular flexibility index (Phi) is 3.42. The SMILES string of the molecule is CC(C1CCCN1)N1CCCC1CO. The van der Waals surface area contributed by atoms with E-state index in [4.69, 9.17) is 0 Å². The Labute approximate surface area is 86.5 Å². The van der Waals surface area contributed by atoms with E-state index in [-0.39, 0.29) is 0 Å². The summed E-state index contributed by atoms with van der Waals surface area (Å²) >= 11 is 0. The van der Waals surface area contributed by atoms with E-state index in [0.717, 1.165) is 0 Å². The van der Waals surface area contributed by atoms with Crippen molar-refractivity contribution in [3.63, 3.8) is 0 Å². The highest BCUT2D eigenvalue weighted by molar-refractivity contribution is 4.90. The first-order chi connectivity index (χ1) is 6.83. The molecule has 2 saturated heterocycles. The van der Waals surface area contributed by atoms with Gasteiger partial charge in [0.15, 0.2) is 0 Å². The molecule has 3 heteroatoms. The van der Waals surface area contributed by atoms with Crippen molar-refractivity contribution in [2.24, 2.45) is 0 Å². The van der Waals surface area contributed by atoms with Crippen molar-refractivity contribution in [3.05, 3.63) is 0 Å². The van der Waals surface area contributed by atoms with Gasteiger partial charge in [-0.05, 0) is 45.7 Å². The third-order valence-corrected chi connectivity index (χ3v) is 3.84. The molecular formula is C11H22N2O. The minimum absolute atomic E-state index is 0.330. The summed E-state index contributed by atoms with van der Waals surface area (Å²) < 4.78 is 0. The van der Waals surface area contributed by atoms with Gasteiger partial charge in [0, 0.05) is 18.1 Å². The number of likely N-dealkylation sites (tertiary alicyclic amines) is 1. The van der Waals surface area contributed by atoms with E-state index in [9.17, 15) is 5.11 Å². The molecule has 3 atom stereocenters. The van der Waals surface area contributed by atoms with E-state index >= 15 is 0 Å². The Bertz CT molecular complexity index is 180. The molecule has 0 bridgehead atoms. The molecule has 3 unspecified atom stereocenters. The van der Waals surface area contributed by atoms with Gasteiger partial charge in [0.1, 0.15) is 0 Å². The molecule has 2 N–H and O–H groups in total. The lowest BCUT2D eigenvalue weighted by atomic mass is 10.1. The summed E-state index contributed by atoms with van der Waals surface area (Å²) in [5.74, 6) is 0. The molecule has 2 fully saturated rings. The third-order valence-electron chi connectivity index (χ3n) is 3.84. The molecule has 0 aromatic carbocycles. The zero-order valence-corrected chi connectivity index (χ0v) is 9.08. The lowest BCUT2D eigenvalue weighted by Crippen LogP contribution is -2.48. The van der Waals surface area contributed by atoms with Crippen LogP contribution in [0, 0.1) is 0 Å². The molecule has 0 saturated carbocycles. The number of rotatable bonds is 3. The Morgan fingerprint density at radius 3 is 2.93 bits per heavy atom. The van der Waals surface area contributed by atoms with Crippen molar-refractivity contribution >= 4 is 0 Å². The summed E-state index contributed by atoms with van der Waals surface area (Å²) in [5, 5.41) is 12.8. The first-order valence-electron chi connectivity index (χ1n) is 5.93. The molecule has 0 aliphatic carbocycles. The minimum atomic E-state index is 0.330. The minimum Gasteiger partial charge on any atom is -0.395 e. The van der Waals surface area contributed by atoms with E-state index in [2.05, 4.69) is 17.1 Å². The van der Waals surface area contributed by atoms with Gasteiger partial charge in [-0.15, -0.1) is 0 Å². The average molecular weight is 198 g/mol. The zero-order chi connectivity index (χ0) is 9.97. The molecule has 3 nitrogen and oxygen atoms in total. The van der Waals surface area contributed by atoms with Crippen molar-refractivity contribution in [2.75, 3.05) is 19.7 Å². The van der Waals surface area contributed by atoms with Crippen molar-refractivity contribution in [3.8, 4) is 0 Å². The molecule has 2 aliphatic rings. The summed E-state index contributed by atoms with van der Waals surface area (Å²) in [6.07, 6.45) is 5.04. The second-order valence-electron chi connectivity index (χ2n) is 4.66. The summed E-state index contributed by atoms with van der Waals surface area (Å²) in [7, 11) is 0. The summed E-state index contributed by atoms with van der Waals surface area (Å²) in [6, 6.07) is 1.67. The van der Waals surface area contributed by atoms with Gasteiger partial charge in [0.25, 0.3) is 0 Å². The Balaban J connectivity index is 1.92. The van der Waals surface area contributed by atoms with Crippen molar-refractivity contribution in [1.82, 2.24) is 10.2 Å². The van der Waals surface area contributed by atoms with E-state index in [1.807, 2.05) is 0 Å². The van der Waals surface area contributed by atoms with Crippen LogP contribution in [0.4, 0.5) is 0 Å². The molecular weight excluding hydrogens is 176 g/mol. The number of hydrogen-bond donors (Lipinski definition) is 2. The summed E-state index contributed by atoms with van der Waals surface area (Å²) in [5.41, 5.74) is 0. The van der Waals surface area contributed by atoms with Crippen LogP contribution in [-0.4, -0.2) is 47.8 Å². The van der Waals surface area contributed by atoms with E-state index in [1.54, 1.807) is 0 Å². The molecule has 82 valence electrons. The molecule has 0 spiro atoms. The van der Waals surface area contributed by atoms with Gasteiger partial charge in [-0.25, -0.2) is 0 Å². The third kappa shape index (κ3) is 1.95. The summed E-state index contributed by atoms with van der Waals surface area (Å²) in [4.78, 5) is 2.49. The number of aliphatic hydroxyl groups excluding tert-OH is 1. The number of aliphatic hydroxyl groups is 1. The fourth-order valence-corrected chi connectivity index (χ4v) is 2.94. The number of nitrogens with one attached hydrogen (secondary N) is 1. The van der Waals surface area contributed by atoms with Crippen LogP contribution in [0.2, 0.25) is 0 Å². The molecule has 14 heavy (non-hydrogen) atoms. The highest BCUT2D eigenvalue weighted by atomic mass is 16.3. The lowest BCUT2D eigenvalue weighted by Gasteiger charge is -2.33. The van der Waals surface area contributed by atoms with E-state index in [0.29, 0.717) is 24.7 Å². The van der Waals surface area contributed by atoms with Crippen molar-refractivity contribution in [1.29, 1.82) is 0 Å². The van der Waals surface area contributed by atoms with Crippen LogP contribution < -0.4 is 5.32 Å². The molecule has 2 aliphatic heterocycles. The maximum absolute atomic E-state index is 9.27. The van der Waals surface area contributed by atoms with Crippen LogP contribution in [0.25, 0.3) is 0 Å². The molecule has 0 amide bonds. The first kappa shape index (κ1) is 10.4. The molecule has 2 heterocycles. The van der Waals surface area contributed by atoms with Crippen LogP contribution in [0.1, 0.15) is 32.6 Å². The van der Waals surface area contributed by atoms with Gasteiger partial charge in [0.2, 0.25) is 0 Å². The monoisotopic (exact) mass is 198 g/mol. The molecule has 0 aromatic rings. The Morgan fingerprint density at radius 1 is 1.43 bits per heavy atom. The van der Waals surface area contributed by atoms with Crippen LogP contribution in [-0.2, 0) is 0 Å². The van der Waals surface area contributed by atoms with Gasteiger partial charge in [-0.1, -0.05) is 0 Å². The van der Waals surface area contributed by atoms with Crippen LogP contribution >= 0.6 is 0 Å². The predicted molar refractivity (Wildman–Crippen MR) is 57.3 cm³/mol. The normalized spacial score (nSPS) is 36.4. The highest BCUT2D eigenvalue weighted by Gasteiger charge is 2.32. The van der Waals surface area contributed by atoms with Crippen LogP contribution in [0.15, 0.2) is 0 Å². The largest absolute Gasteiger partial charge is 0.395 e. The fraction of sp³-hybridized carbons (Fsp3) is 1.00. The number of nitrogens with zero attached hydrogens (tertiary/aromatic N) is 1. The molecule has 2 rings (SSSR count). The fourth-order valence-electron chi connectivity index (χ4n) is 2.94. The average Bonchev–Trinajstić information content (AvgIpc) is 2.87. The van der Waals surface area contributed by atoms with Gasteiger partial charge in [-0.3, -0.25) is 4.90 Å². The second kappa shape index (κ2) is 4.60. The van der Waals surface area contributed by atoms with Crippen LogP contribution in [0.5, 0.6) is 0 Å². The highest BCUT2D eigenvalue weighted by Crippen LogP contribution is 2.23. The van der Waals surface area contributed by atoms with Gasteiger partial charge in [0.05, 0.1) is 6.61 Å². The predicted octanol–water partition coefficient (Wildman–Crippen LogP) is 0.584. The quantitative estimate of drug-likeness (QED) is 0.696. The van der Waals surface area contributed by atoms with Gasteiger partial charge in [-0.2, -0.15) is 0 Å². The van der Waals surface area contributed by atoms with E-state index in [1.165, 1.54) is 38.8 Å². The Hall–Kier alpha value is -0.120. The lowest BCUT2D eigenvalue weighted by molar-refractivity contribution is 0.110. The standard InChI is InChI=1S/C11H22N2O/c1-9(11-5-2-6-12-11)13-7-3-4-10(13)8-14/h9-12,14H,2-8H2,1H3. The van der Waals surface area contributed by atoms with Gasteiger partial charge >= 0.3 is 0 Å². The maximum Gasteiger partial charge on any atom is 0.0587 e. The first-order valence-corrected chi connectivity index (χ1v) is 5.93. The molecule has 0 aromatic heterocycles. The topological polar surface area (TPSA) is 35.5 Å². The maximum atomic E-state index is 9.27. The van der Waals surface area contributed by atoms with Crippen molar-refractivity contribution < 1.29 is 5.11 Å². The Morgan fingerprint density at radius 2 is 2.29 bits per heavy atom. The zero-order valence-electron chi connectivity index (χ0n) is 9.08. The van der Waals surface area contributed by atoms with Crippen LogP contribution in [0.3, 0.4) is 0 Å². The second-order valence-corrected chi connectivity index (χ2v) is 4.66. The number of hydrogen-bond acceptors (Lipinski definition) is 3.